The van der Waals surface area contributed by atoms with Crippen molar-refractivity contribution in [1.82, 2.24) is 24.6 Å². The van der Waals surface area contributed by atoms with Crippen molar-refractivity contribution in [2.45, 2.75) is 45.7 Å². The first-order valence-electron chi connectivity index (χ1n) is 8.72. The summed E-state index contributed by atoms with van der Waals surface area (Å²) >= 11 is 0. The van der Waals surface area contributed by atoms with E-state index in [0.717, 1.165) is 70.3 Å². The van der Waals surface area contributed by atoms with Crippen molar-refractivity contribution < 1.29 is 9.53 Å². The van der Waals surface area contributed by atoms with Gasteiger partial charge in [-0.15, -0.1) is 10.2 Å². The highest BCUT2D eigenvalue weighted by Crippen LogP contribution is 2.23. The van der Waals surface area contributed by atoms with Crippen molar-refractivity contribution >= 4 is 5.91 Å². The maximum absolute atomic E-state index is 12.5. The lowest BCUT2D eigenvalue weighted by Crippen LogP contribution is -2.42. The average Bonchev–Trinajstić information content (AvgIpc) is 2.96. The minimum absolute atomic E-state index is 0.182. The second-order valence-corrected chi connectivity index (χ2v) is 6.40. The molecule has 1 amide bonds. The van der Waals surface area contributed by atoms with Gasteiger partial charge >= 0.3 is 0 Å². The van der Waals surface area contributed by atoms with Crippen LogP contribution in [0.5, 0.6) is 0 Å². The van der Waals surface area contributed by atoms with Crippen molar-refractivity contribution in [1.29, 1.82) is 0 Å². The van der Waals surface area contributed by atoms with Gasteiger partial charge in [0.15, 0.2) is 5.82 Å². The molecule has 128 valence electrons. The molecule has 2 aliphatic heterocycles. The maximum Gasteiger partial charge on any atom is 0.245 e. The van der Waals surface area contributed by atoms with Crippen LogP contribution in [0.2, 0.25) is 0 Å². The SMILES string of the molecule is CCCN1Cc2nnc(CCCN3CCOCC3)n2[C@H](C)C1=O. The second-order valence-electron chi connectivity index (χ2n) is 6.40. The summed E-state index contributed by atoms with van der Waals surface area (Å²) in [6.07, 6.45) is 2.88. The molecule has 3 rings (SSSR count). The Morgan fingerprint density at radius 3 is 2.74 bits per heavy atom. The molecule has 2 aliphatic rings. The number of morpholine rings is 1. The van der Waals surface area contributed by atoms with Crippen LogP contribution in [-0.4, -0.2) is 69.9 Å². The highest BCUT2D eigenvalue weighted by atomic mass is 16.5. The fourth-order valence-corrected chi connectivity index (χ4v) is 3.45. The molecule has 1 saturated heterocycles. The molecular weight excluding hydrogens is 294 g/mol. The Labute approximate surface area is 137 Å². The minimum Gasteiger partial charge on any atom is -0.379 e. The minimum atomic E-state index is -0.182. The number of hydrogen-bond donors (Lipinski definition) is 0. The number of hydrogen-bond acceptors (Lipinski definition) is 5. The smallest absolute Gasteiger partial charge is 0.245 e. The van der Waals surface area contributed by atoms with Crippen molar-refractivity contribution in [3.8, 4) is 0 Å². The van der Waals surface area contributed by atoms with Gasteiger partial charge in [0.25, 0.3) is 0 Å². The molecule has 1 aromatic rings. The number of carbonyl (C=O) groups is 1. The average molecular weight is 321 g/mol. The Morgan fingerprint density at radius 2 is 2.00 bits per heavy atom. The molecule has 23 heavy (non-hydrogen) atoms. The standard InChI is InChI=1S/C16H27N5O2/c1-3-6-20-12-15-18-17-14(21(15)13(2)16(20)22)5-4-7-19-8-10-23-11-9-19/h13H,3-12H2,1-2H3/t13-/m1/s1. The Balaban J connectivity index is 1.61. The third-order valence-electron chi connectivity index (χ3n) is 4.70. The van der Waals surface area contributed by atoms with Gasteiger partial charge < -0.3 is 14.2 Å². The fraction of sp³-hybridized carbons (Fsp3) is 0.812. The van der Waals surface area contributed by atoms with Crippen LogP contribution in [0.25, 0.3) is 0 Å². The van der Waals surface area contributed by atoms with E-state index >= 15 is 0 Å². The van der Waals surface area contributed by atoms with Crippen LogP contribution in [0.1, 0.15) is 44.4 Å². The molecule has 3 heterocycles. The summed E-state index contributed by atoms with van der Waals surface area (Å²) in [5.74, 6) is 2.06. The number of aromatic nitrogens is 3. The molecule has 0 unspecified atom stereocenters. The van der Waals surface area contributed by atoms with Gasteiger partial charge in [0.1, 0.15) is 11.9 Å². The predicted molar refractivity (Wildman–Crippen MR) is 86.0 cm³/mol. The van der Waals surface area contributed by atoms with E-state index in [1.807, 2.05) is 16.4 Å². The number of nitrogens with zero attached hydrogens (tertiary/aromatic N) is 5. The van der Waals surface area contributed by atoms with E-state index in [1.165, 1.54) is 0 Å². The van der Waals surface area contributed by atoms with E-state index in [9.17, 15) is 4.79 Å². The molecule has 1 aromatic heterocycles. The third kappa shape index (κ3) is 3.55. The summed E-state index contributed by atoms with van der Waals surface area (Å²) in [6, 6.07) is -0.182. The van der Waals surface area contributed by atoms with E-state index in [2.05, 4.69) is 22.0 Å². The normalized spacial score (nSPS) is 22.4. The van der Waals surface area contributed by atoms with Crippen LogP contribution in [0, 0.1) is 0 Å². The zero-order chi connectivity index (χ0) is 16.2. The van der Waals surface area contributed by atoms with Crippen molar-refractivity contribution in [3.05, 3.63) is 11.6 Å². The number of aryl methyl sites for hydroxylation is 1. The van der Waals surface area contributed by atoms with E-state index in [0.29, 0.717) is 6.54 Å². The highest BCUT2D eigenvalue weighted by Gasteiger charge is 2.32. The lowest BCUT2D eigenvalue weighted by molar-refractivity contribution is -0.137. The molecule has 1 atom stereocenters. The van der Waals surface area contributed by atoms with Crippen LogP contribution < -0.4 is 0 Å². The first-order valence-corrected chi connectivity index (χ1v) is 8.72. The highest BCUT2D eigenvalue weighted by molar-refractivity contribution is 5.81. The Hall–Kier alpha value is -1.47. The van der Waals surface area contributed by atoms with Gasteiger partial charge in [-0.05, 0) is 26.3 Å². The number of rotatable bonds is 6. The molecule has 0 radical (unpaired) electrons. The summed E-state index contributed by atoms with van der Waals surface area (Å²) in [5.41, 5.74) is 0. The van der Waals surface area contributed by atoms with Crippen LogP contribution in [-0.2, 0) is 22.5 Å². The summed E-state index contributed by atoms with van der Waals surface area (Å²) in [4.78, 5) is 16.8. The Bertz CT molecular complexity index is 539. The predicted octanol–water partition coefficient (Wildman–Crippen LogP) is 0.856. The van der Waals surface area contributed by atoms with Crippen molar-refractivity contribution in [3.63, 3.8) is 0 Å². The summed E-state index contributed by atoms with van der Waals surface area (Å²) in [6.45, 7) is 10.2. The van der Waals surface area contributed by atoms with Gasteiger partial charge in [-0.25, -0.2) is 0 Å². The summed E-state index contributed by atoms with van der Waals surface area (Å²) < 4.78 is 7.42. The third-order valence-corrected chi connectivity index (χ3v) is 4.70. The zero-order valence-electron chi connectivity index (χ0n) is 14.2. The van der Waals surface area contributed by atoms with Crippen LogP contribution in [0.3, 0.4) is 0 Å². The van der Waals surface area contributed by atoms with Gasteiger partial charge in [0.05, 0.1) is 19.8 Å². The van der Waals surface area contributed by atoms with E-state index in [4.69, 9.17) is 4.74 Å². The number of amides is 1. The van der Waals surface area contributed by atoms with E-state index in [1.54, 1.807) is 0 Å². The first kappa shape index (κ1) is 16.4. The molecule has 0 aliphatic carbocycles. The lowest BCUT2D eigenvalue weighted by Gasteiger charge is -2.32. The Morgan fingerprint density at radius 1 is 1.22 bits per heavy atom. The van der Waals surface area contributed by atoms with Crippen LogP contribution in [0.15, 0.2) is 0 Å². The molecule has 0 bridgehead atoms. The second kappa shape index (κ2) is 7.40. The van der Waals surface area contributed by atoms with Crippen molar-refractivity contribution in [2.75, 3.05) is 39.4 Å². The van der Waals surface area contributed by atoms with Gasteiger partial charge in [-0.1, -0.05) is 6.92 Å². The Kier molecular flexibility index (Phi) is 5.27. The topological polar surface area (TPSA) is 63.5 Å². The largest absolute Gasteiger partial charge is 0.379 e. The molecular formula is C16H27N5O2. The van der Waals surface area contributed by atoms with Crippen LogP contribution >= 0.6 is 0 Å². The van der Waals surface area contributed by atoms with Gasteiger partial charge in [0.2, 0.25) is 5.91 Å². The number of fused-ring (bicyclic) bond motifs is 1. The number of ether oxygens (including phenoxy) is 1. The molecule has 7 nitrogen and oxygen atoms in total. The summed E-state index contributed by atoms with van der Waals surface area (Å²) in [7, 11) is 0. The zero-order valence-corrected chi connectivity index (χ0v) is 14.2. The molecule has 7 heteroatoms. The van der Waals surface area contributed by atoms with Gasteiger partial charge in [-0.3, -0.25) is 9.69 Å². The quantitative estimate of drug-likeness (QED) is 0.777. The molecule has 0 aromatic carbocycles. The monoisotopic (exact) mass is 321 g/mol. The van der Waals surface area contributed by atoms with Crippen molar-refractivity contribution in [2.24, 2.45) is 0 Å². The summed E-state index contributed by atoms with van der Waals surface area (Å²) in [5, 5.41) is 8.68. The molecule has 1 fully saturated rings. The number of carbonyl (C=O) groups excluding carboxylic acids is 1. The van der Waals surface area contributed by atoms with E-state index in [-0.39, 0.29) is 11.9 Å². The van der Waals surface area contributed by atoms with Gasteiger partial charge in [-0.2, -0.15) is 0 Å². The van der Waals surface area contributed by atoms with Crippen LogP contribution in [0.4, 0.5) is 0 Å². The molecule has 0 saturated carbocycles. The molecule has 0 N–H and O–H groups in total. The maximum atomic E-state index is 12.5. The van der Waals surface area contributed by atoms with Gasteiger partial charge in [0, 0.05) is 26.1 Å². The molecule has 0 spiro atoms. The fourth-order valence-electron chi connectivity index (χ4n) is 3.45. The first-order chi connectivity index (χ1) is 11.2. The van der Waals surface area contributed by atoms with E-state index < -0.39 is 0 Å². The lowest BCUT2D eigenvalue weighted by atomic mass is 10.2.